The first-order chi connectivity index (χ1) is 23.6. The smallest absolute Gasteiger partial charge is 0.338 e. The highest BCUT2D eigenvalue weighted by Gasteiger charge is 2.54. The maximum absolute atomic E-state index is 13.4. The molecule has 0 spiro atoms. The maximum Gasteiger partial charge on any atom is 0.338 e. The first kappa shape index (κ1) is 35.2. The molecule has 0 aromatic heterocycles. The molecule has 2 aliphatic rings. The summed E-state index contributed by atoms with van der Waals surface area (Å²) in [5.74, 6) is -3.91. The first-order valence-corrected chi connectivity index (χ1v) is 15.3. The van der Waals surface area contributed by atoms with E-state index in [1.165, 1.54) is 24.3 Å². The lowest BCUT2D eigenvalue weighted by molar-refractivity contribution is -0.297. The summed E-state index contributed by atoms with van der Waals surface area (Å²) in [5.41, 5.74) is 0.579. The van der Waals surface area contributed by atoms with Gasteiger partial charge in [0.25, 0.3) is 0 Å². The third-order valence-corrected chi connectivity index (χ3v) is 7.48. The molecule has 2 saturated heterocycles. The van der Waals surface area contributed by atoms with Gasteiger partial charge in [0.05, 0.1) is 23.3 Å². The minimum Gasteiger partial charge on any atom is -0.459 e. The molecule has 8 unspecified atom stereocenters. The number of aliphatic hydroxyl groups is 1. The maximum atomic E-state index is 13.4. The first-order valence-electron chi connectivity index (χ1n) is 15.3. The van der Waals surface area contributed by atoms with Crippen LogP contribution in [0.4, 0.5) is 0 Å². The Bertz CT molecular complexity index is 1600. The molecule has 258 valence electrons. The molecule has 3 aromatic rings. The van der Waals surface area contributed by atoms with Gasteiger partial charge in [-0.2, -0.15) is 0 Å². The summed E-state index contributed by atoms with van der Waals surface area (Å²) in [6.07, 6.45) is -11.5. The quantitative estimate of drug-likeness (QED) is 0.231. The molecule has 49 heavy (non-hydrogen) atoms. The SMILES string of the molecule is CC(=O)OC1C(O)OCC(OC2OC(COC(=O)c3ccccc3)C(OC(=O)c3ccccc3)C2OC(=O)c2ccccc2)C1OC(C)=O. The molecule has 14 nitrogen and oxygen atoms in total. The van der Waals surface area contributed by atoms with Crippen LogP contribution >= 0.6 is 0 Å². The van der Waals surface area contributed by atoms with Crippen molar-refractivity contribution in [1.29, 1.82) is 0 Å². The van der Waals surface area contributed by atoms with Gasteiger partial charge in [0, 0.05) is 13.8 Å². The van der Waals surface area contributed by atoms with Gasteiger partial charge in [-0.25, -0.2) is 14.4 Å². The van der Waals surface area contributed by atoms with E-state index in [9.17, 15) is 29.1 Å². The Labute approximate surface area is 280 Å². The minimum atomic E-state index is -1.67. The summed E-state index contributed by atoms with van der Waals surface area (Å²) in [4.78, 5) is 63.5. The lowest BCUT2D eigenvalue weighted by Crippen LogP contribution is -2.58. The van der Waals surface area contributed by atoms with Crippen molar-refractivity contribution in [2.75, 3.05) is 13.2 Å². The van der Waals surface area contributed by atoms with Gasteiger partial charge in [0.15, 0.2) is 37.0 Å². The lowest BCUT2D eigenvalue weighted by atomic mass is 10.0. The second kappa shape index (κ2) is 16.3. The topological polar surface area (TPSA) is 179 Å². The summed E-state index contributed by atoms with van der Waals surface area (Å²) in [5, 5.41) is 10.4. The summed E-state index contributed by atoms with van der Waals surface area (Å²) in [7, 11) is 0. The predicted octanol–water partition coefficient (Wildman–Crippen LogP) is 2.62. The number of benzene rings is 3. The Hall–Kier alpha value is -5.15. The monoisotopic (exact) mass is 678 g/mol. The molecule has 0 radical (unpaired) electrons. The zero-order chi connectivity index (χ0) is 34.9. The van der Waals surface area contributed by atoms with E-state index < -0.39 is 92.3 Å². The highest BCUT2D eigenvalue weighted by molar-refractivity contribution is 5.91. The summed E-state index contributed by atoms with van der Waals surface area (Å²) < 4.78 is 45.5. The fourth-order valence-electron chi connectivity index (χ4n) is 5.25. The van der Waals surface area contributed by atoms with Crippen molar-refractivity contribution in [3.8, 4) is 0 Å². The molecule has 2 fully saturated rings. The van der Waals surface area contributed by atoms with Crippen LogP contribution in [0, 0.1) is 0 Å². The van der Waals surface area contributed by atoms with Gasteiger partial charge in [-0.05, 0) is 36.4 Å². The molecule has 8 atom stereocenters. The lowest BCUT2D eigenvalue weighted by Gasteiger charge is -2.40. The van der Waals surface area contributed by atoms with Crippen LogP contribution in [0.1, 0.15) is 44.9 Å². The number of carbonyl (C=O) groups is 5. The highest BCUT2D eigenvalue weighted by Crippen LogP contribution is 2.33. The molecule has 1 N–H and O–H groups in total. The van der Waals surface area contributed by atoms with E-state index in [0.29, 0.717) is 0 Å². The van der Waals surface area contributed by atoms with Crippen LogP contribution in [0.3, 0.4) is 0 Å². The molecule has 5 rings (SSSR count). The Kier molecular flexibility index (Phi) is 11.7. The highest BCUT2D eigenvalue weighted by atomic mass is 16.8. The average Bonchev–Trinajstić information content (AvgIpc) is 3.41. The normalized spacial score (nSPS) is 26.2. The fourth-order valence-corrected chi connectivity index (χ4v) is 5.25. The Morgan fingerprint density at radius 1 is 0.633 bits per heavy atom. The van der Waals surface area contributed by atoms with Crippen molar-refractivity contribution in [3.63, 3.8) is 0 Å². The summed E-state index contributed by atoms with van der Waals surface area (Å²) in [6, 6.07) is 24.1. The third kappa shape index (κ3) is 9.06. The number of carbonyl (C=O) groups excluding carboxylic acids is 5. The van der Waals surface area contributed by atoms with Gasteiger partial charge in [0.2, 0.25) is 0 Å². The molecule has 14 heteroatoms. The number of hydrogen-bond acceptors (Lipinski definition) is 14. The third-order valence-electron chi connectivity index (χ3n) is 7.48. The number of esters is 5. The van der Waals surface area contributed by atoms with Gasteiger partial charge >= 0.3 is 29.8 Å². The van der Waals surface area contributed by atoms with Crippen molar-refractivity contribution < 1.29 is 67.0 Å². The molecular formula is C35H34O14. The molecule has 0 saturated carbocycles. The Morgan fingerprint density at radius 2 is 1.10 bits per heavy atom. The molecule has 2 aliphatic heterocycles. The summed E-state index contributed by atoms with van der Waals surface area (Å²) in [6.45, 7) is 1.34. The van der Waals surface area contributed by atoms with Gasteiger partial charge in [0.1, 0.15) is 18.8 Å². The van der Waals surface area contributed by atoms with Crippen molar-refractivity contribution in [1.82, 2.24) is 0 Å². The van der Waals surface area contributed by atoms with Crippen LogP contribution in [-0.4, -0.2) is 97.4 Å². The van der Waals surface area contributed by atoms with E-state index >= 15 is 0 Å². The van der Waals surface area contributed by atoms with Crippen LogP contribution in [-0.2, 0) is 47.5 Å². The van der Waals surface area contributed by atoms with E-state index in [-0.39, 0.29) is 16.7 Å². The van der Waals surface area contributed by atoms with Crippen LogP contribution in [0.2, 0.25) is 0 Å². The van der Waals surface area contributed by atoms with Crippen LogP contribution < -0.4 is 0 Å². The molecule has 0 aliphatic carbocycles. The van der Waals surface area contributed by atoms with Crippen molar-refractivity contribution in [2.45, 2.75) is 63.1 Å². The van der Waals surface area contributed by atoms with Crippen LogP contribution in [0.15, 0.2) is 91.0 Å². The molecule has 3 aromatic carbocycles. The Morgan fingerprint density at radius 3 is 1.61 bits per heavy atom. The van der Waals surface area contributed by atoms with Gasteiger partial charge in [-0.15, -0.1) is 0 Å². The van der Waals surface area contributed by atoms with E-state index in [1.54, 1.807) is 66.7 Å². The second-order valence-electron chi connectivity index (χ2n) is 11.0. The molecular weight excluding hydrogens is 644 g/mol. The van der Waals surface area contributed by atoms with Crippen molar-refractivity contribution in [3.05, 3.63) is 108 Å². The predicted molar refractivity (Wildman–Crippen MR) is 165 cm³/mol. The summed E-state index contributed by atoms with van der Waals surface area (Å²) >= 11 is 0. The zero-order valence-corrected chi connectivity index (χ0v) is 26.4. The standard InChI is InChI=1S/C35H34O14/c1-20(36)44-27-25(19-43-34(41)29(27)45-21(2)37)46-35-30(49-33(40)24-16-10-5-11-17-24)28(48-32(39)23-14-8-4-9-15-23)26(47-35)18-42-31(38)22-12-6-3-7-13-22/h3-17,25-30,34-35,41H,18-19H2,1-2H3. The minimum absolute atomic E-state index is 0.158. The van der Waals surface area contributed by atoms with E-state index in [1.807, 2.05) is 0 Å². The number of ether oxygens (including phenoxy) is 8. The van der Waals surface area contributed by atoms with Crippen molar-refractivity contribution in [2.24, 2.45) is 0 Å². The van der Waals surface area contributed by atoms with E-state index in [0.717, 1.165) is 13.8 Å². The van der Waals surface area contributed by atoms with Crippen molar-refractivity contribution >= 4 is 29.8 Å². The number of rotatable bonds is 11. The van der Waals surface area contributed by atoms with Gasteiger partial charge in [-0.1, -0.05) is 54.6 Å². The Balaban J connectivity index is 1.47. The molecule has 0 bridgehead atoms. The second-order valence-corrected chi connectivity index (χ2v) is 11.0. The number of hydrogen-bond donors (Lipinski definition) is 1. The van der Waals surface area contributed by atoms with Gasteiger partial charge < -0.3 is 43.0 Å². The van der Waals surface area contributed by atoms with E-state index in [4.69, 9.17) is 37.9 Å². The van der Waals surface area contributed by atoms with Crippen LogP contribution in [0.5, 0.6) is 0 Å². The zero-order valence-electron chi connectivity index (χ0n) is 26.4. The molecule has 0 amide bonds. The van der Waals surface area contributed by atoms with E-state index in [2.05, 4.69) is 0 Å². The average molecular weight is 679 g/mol. The fraction of sp³-hybridized carbons (Fsp3) is 0.343. The van der Waals surface area contributed by atoms with Gasteiger partial charge in [-0.3, -0.25) is 9.59 Å². The molecule has 2 heterocycles. The number of aliphatic hydroxyl groups excluding tert-OH is 1. The van der Waals surface area contributed by atoms with Crippen LogP contribution in [0.25, 0.3) is 0 Å². The largest absolute Gasteiger partial charge is 0.459 e.